The highest BCUT2D eigenvalue weighted by Crippen LogP contribution is 2.48. The largest absolute Gasteiger partial charge is 0.481 e. The summed E-state index contributed by atoms with van der Waals surface area (Å²) in [5.41, 5.74) is 0. The van der Waals surface area contributed by atoms with Crippen LogP contribution in [0, 0.1) is 23.7 Å². The maximum atomic E-state index is 12.2. The summed E-state index contributed by atoms with van der Waals surface area (Å²) in [5, 5.41) is 12.4. The number of fused-ring (bicyclic) bond motifs is 2. The Morgan fingerprint density at radius 3 is 2.57 bits per heavy atom. The number of hydrogen-bond acceptors (Lipinski definition) is 3. The van der Waals surface area contributed by atoms with Crippen LogP contribution < -0.4 is 5.32 Å². The molecule has 0 saturated heterocycles. The number of carboxylic acids is 1. The highest BCUT2D eigenvalue weighted by molar-refractivity contribution is 5.79. The maximum Gasteiger partial charge on any atom is 0.308 e. The number of ether oxygens (including phenoxy) is 1. The van der Waals surface area contributed by atoms with E-state index in [4.69, 9.17) is 4.74 Å². The number of carbonyl (C=O) groups excluding carboxylic acids is 1. The van der Waals surface area contributed by atoms with Crippen molar-refractivity contribution >= 4 is 11.9 Å². The molecule has 3 aliphatic rings. The summed E-state index contributed by atoms with van der Waals surface area (Å²) in [7, 11) is 0. The lowest BCUT2D eigenvalue weighted by Crippen LogP contribution is -2.47. The zero-order chi connectivity index (χ0) is 15.0. The minimum atomic E-state index is -0.743. The van der Waals surface area contributed by atoms with E-state index in [2.05, 4.69) is 5.32 Å². The summed E-state index contributed by atoms with van der Waals surface area (Å²) in [5.74, 6) is -0.0403. The lowest BCUT2D eigenvalue weighted by atomic mass is 9.79. The quantitative estimate of drug-likeness (QED) is 0.783. The van der Waals surface area contributed by atoms with Crippen molar-refractivity contribution in [3.63, 3.8) is 0 Å². The number of rotatable bonds is 6. The van der Waals surface area contributed by atoms with Gasteiger partial charge in [0.1, 0.15) is 0 Å². The fourth-order valence-corrected chi connectivity index (χ4v) is 4.57. The van der Waals surface area contributed by atoms with E-state index in [0.29, 0.717) is 24.4 Å². The Hall–Kier alpha value is -1.10. The molecule has 0 radical (unpaired) electrons. The minimum Gasteiger partial charge on any atom is -0.481 e. The molecule has 5 nitrogen and oxygen atoms in total. The number of hydrogen-bond donors (Lipinski definition) is 2. The van der Waals surface area contributed by atoms with Crippen LogP contribution in [0.25, 0.3) is 0 Å². The third kappa shape index (κ3) is 2.93. The van der Waals surface area contributed by atoms with Crippen LogP contribution in [0.1, 0.15) is 45.4 Å². The summed E-state index contributed by atoms with van der Waals surface area (Å²) >= 11 is 0. The van der Waals surface area contributed by atoms with Gasteiger partial charge in [-0.1, -0.05) is 0 Å². The molecule has 21 heavy (non-hydrogen) atoms. The molecule has 0 aliphatic heterocycles. The maximum absolute atomic E-state index is 12.2. The van der Waals surface area contributed by atoms with Crippen molar-refractivity contribution < 1.29 is 19.4 Å². The number of carbonyl (C=O) groups is 2. The van der Waals surface area contributed by atoms with Crippen LogP contribution in [0.4, 0.5) is 0 Å². The van der Waals surface area contributed by atoms with Crippen LogP contribution >= 0.6 is 0 Å². The first-order chi connectivity index (χ1) is 10.1. The Kier molecular flexibility index (Phi) is 4.20. The molecule has 118 valence electrons. The molecule has 1 amide bonds. The van der Waals surface area contributed by atoms with Gasteiger partial charge >= 0.3 is 5.97 Å². The van der Waals surface area contributed by atoms with Crippen LogP contribution in [0.3, 0.4) is 0 Å². The lowest BCUT2D eigenvalue weighted by Gasteiger charge is -2.35. The molecule has 3 fully saturated rings. The molecule has 3 aliphatic carbocycles. The molecule has 0 spiro atoms. The predicted octanol–water partition coefficient (Wildman–Crippen LogP) is 1.81. The van der Waals surface area contributed by atoms with Gasteiger partial charge in [0.25, 0.3) is 0 Å². The van der Waals surface area contributed by atoms with Gasteiger partial charge in [-0.15, -0.1) is 0 Å². The number of amides is 1. The van der Waals surface area contributed by atoms with Gasteiger partial charge in [-0.3, -0.25) is 9.59 Å². The zero-order valence-corrected chi connectivity index (χ0v) is 12.6. The second-order valence-electron chi connectivity index (χ2n) is 6.91. The summed E-state index contributed by atoms with van der Waals surface area (Å²) in [4.78, 5) is 23.6. The van der Waals surface area contributed by atoms with Gasteiger partial charge in [-0.05, 0) is 56.8 Å². The van der Waals surface area contributed by atoms with Gasteiger partial charge in [0.2, 0.25) is 5.91 Å². The molecule has 5 heteroatoms. The number of aliphatic carboxylic acids is 1. The lowest BCUT2D eigenvalue weighted by molar-refractivity contribution is -0.144. The van der Waals surface area contributed by atoms with Crippen LogP contribution in [-0.4, -0.2) is 35.7 Å². The average molecular weight is 295 g/mol. The Morgan fingerprint density at radius 2 is 1.90 bits per heavy atom. The van der Waals surface area contributed by atoms with Crippen molar-refractivity contribution in [1.29, 1.82) is 0 Å². The van der Waals surface area contributed by atoms with Crippen LogP contribution in [0.15, 0.2) is 0 Å². The summed E-state index contributed by atoms with van der Waals surface area (Å²) in [6, 6.07) is -0.142. The Morgan fingerprint density at radius 1 is 1.19 bits per heavy atom. The van der Waals surface area contributed by atoms with Gasteiger partial charge in [0.05, 0.1) is 12.0 Å². The third-order valence-electron chi connectivity index (χ3n) is 5.60. The first kappa shape index (κ1) is 14.8. The molecule has 0 aromatic carbocycles. The first-order valence-corrected chi connectivity index (χ1v) is 8.22. The predicted molar refractivity (Wildman–Crippen MR) is 76.6 cm³/mol. The Labute approximate surface area is 125 Å². The van der Waals surface area contributed by atoms with Crippen molar-refractivity contribution in [3.8, 4) is 0 Å². The molecule has 4 unspecified atom stereocenters. The van der Waals surface area contributed by atoms with Gasteiger partial charge in [0, 0.05) is 19.1 Å². The second kappa shape index (κ2) is 5.95. The van der Waals surface area contributed by atoms with Crippen molar-refractivity contribution in [2.45, 2.75) is 57.6 Å². The summed E-state index contributed by atoms with van der Waals surface area (Å²) in [6.07, 6.45) is 5.80. The topological polar surface area (TPSA) is 75.6 Å². The van der Waals surface area contributed by atoms with Crippen molar-refractivity contribution in [2.75, 3.05) is 6.61 Å². The standard InChI is InChI=1S/C16H25NO4/c1-2-21-12-5-9(6-12)7-13(18)17-15-11-4-3-10(8-11)14(15)16(19)20/h9-12,14-15H,2-8H2,1H3,(H,17,18)(H,19,20). The molecule has 0 aromatic rings. The first-order valence-electron chi connectivity index (χ1n) is 8.22. The van der Waals surface area contributed by atoms with Gasteiger partial charge < -0.3 is 15.2 Å². The Balaban J connectivity index is 1.48. The molecule has 2 bridgehead atoms. The smallest absolute Gasteiger partial charge is 0.308 e. The molecule has 4 atom stereocenters. The van der Waals surface area contributed by atoms with E-state index in [9.17, 15) is 14.7 Å². The van der Waals surface area contributed by atoms with E-state index in [1.54, 1.807) is 0 Å². The van der Waals surface area contributed by atoms with Crippen LogP contribution in [-0.2, 0) is 14.3 Å². The minimum absolute atomic E-state index is 0.0266. The molecule has 3 rings (SSSR count). The SMILES string of the molecule is CCOC1CC(CC(=O)NC2C3CCC(C3)C2C(=O)O)C1. The van der Waals surface area contributed by atoms with Crippen LogP contribution in [0.5, 0.6) is 0 Å². The second-order valence-corrected chi connectivity index (χ2v) is 6.91. The summed E-state index contributed by atoms with van der Waals surface area (Å²) in [6.45, 7) is 2.72. The third-order valence-corrected chi connectivity index (χ3v) is 5.60. The fourth-order valence-electron chi connectivity index (χ4n) is 4.57. The van der Waals surface area contributed by atoms with E-state index in [0.717, 1.165) is 38.7 Å². The van der Waals surface area contributed by atoms with Gasteiger partial charge in [-0.2, -0.15) is 0 Å². The van der Waals surface area contributed by atoms with Gasteiger partial charge in [0.15, 0.2) is 0 Å². The molecule has 0 heterocycles. The van der Waals surface area contributed by atoms with E-state index in [-0.39, 0.29) is 23.8 Å². The van der Waals surface area contributed by atoms with E-state index < -0.39 is 5.97 Å². The van der Waals surface area contributed by atoms with E-state index >= 15 is 0 Å². The summed E-state index contributed by atoms with van der Waals surface area (Å²) < 4.78 is 5.50. The highest BCUT2D eigenvalue weighted by atomic mass is 16.5. The molecule has 3 saturated carbocycles. The monoisotopic (exact) mass is 295 g/mol. The van der Waals surface area contributed by atoms with Crippen molar-refractivity contribution in [3.05, 3.63) is 0 Å². The fraction of sp³-hybridized carbons (Fsp3) is 0.875. The van der Waals surface area contributed by atoms with E-state index in [1.807, 2.05) is 6.92 Å². The van der Waals surface area contributed by atoms with Crippen LogP contribution in [0.2, 0.25) is 0 Å². The normalized spacial score (nSPS) is 40.8. The van der Waals surface area contributed by atoms with Gasteiger partial charge in [-0.25, -0.2) is 0 Å². The molecule has 0 aromatic heterocycles. The molecular weight excluding hydrogens is 270 g/mol. The van der Waals surface area contributed by atoms with Crippen molar-refractivity contribution in [2.24, 2.45) is 23.7 Å². The average Bonchev–Trinajstić information content (AvgIpc) is 2.96. The Bertz CT molecular complexity index is 419. The molecule has 2 N–H and O–H groups in total. The molecular formula is C16H25NO4. The van der Waals surface area contributed by atoms with Crippen molar-refractivity contribution in [1.82, 2.24) is 5.32 Å². The number of carboxylic acid groups (broad SMARTS) is 1. The zero-order valence-electron chi connectivity index (χ0n) is 12.6. The number of nitrogens with one attached hydrogen (secondary N) is 1. The van der Waals surface area contributed by atoms with E-state index in [1.165, 1.54) is 0 Å². The highest BCUT2D eigenvalue weighted by Gasteiger charge is 2.51.